The lowest BCUT2D eigenvalue weighted by Crippen LogP contribution is -2.30. The molecule has 0 fully saturated rings. The van der Waals surface area contributed by atoms with E-state index in [2.05, 4.69) is 93.7 Å². The Morgan fingerprint density at radius 2 is 0.662 bits per heavy atom. The van der Waals surface area contributed by atoms with Crippen molar-refractivity contribution in [2.75, 3.05) is 19.8 Å². The van der Waals surface area contributed by atoms with Crippen LogP contribution >= 0.6 is 0 Å². The minimum Gasteiger partial charge on any atom is -0.462 e. The van der Waals surface area contributed by atoms with E-state index in [4.69, 9.17) is 14.2 Å². The van der Waals surface area contributed by atoms with Gasteiger partial charge in [0, 0.05) is 19.4 Å². The van der Waals surface area contributed by atoms with Crippen LogP contribution in [-0.2, 0) is 23.8 Å². The molecule has 1 unspecified atom stereocenters. The van der Waals surface area contributed by atoms with Crippen molar-refractivity contribution in [1.29, 1.82) is 0 Å². The van der Waals surface area contributed by atoms with E-state index >= 15 is 0 Å². The van der Waals surface area contributed by atoms with Gasteiger partial charge in [0.1, 0.15) is 6.61 Å². The summed E-state index contributed by atoms with van der Waals surface area (Å²) in [5, 5.41) is 0. The maximum absolute atomic E-state index is 12.9. The van der Waals surface area contributed by atoms with E-state index in [1.165, 1.54) is 186 Å². The standard InChI is InChI=1S/C63H112O5/c1-4-7-10-13-16-19-22-25-28-30-32-34-36-38-41-44-47-50-53-56-62(64)67-60-61(59-66-58-55-52-49-46-43-40-27-24-21-18-15-12-9-6-3)68-63(65)57-54-51-48-45-42-39-37-35-33-31-29-26-23-20-17-14-11-8-5-2/h9,12,16,18-19,21,25-29,40,61H,4-8,10-11,13-15,17,20,22-24,30-39,41-60H2,1-3H3/b12-9-,19-16-,21-18-,28-25-,29-26-,40-27-. The molecule has 0 rings (SSSR count). The molecule has 0 radical (unpaired) electrons. The Morgan fingerprint density at radius 1 is 0.338 bits per heavy atom. The fourth-order valence-electron chi connectivity index (χ4n) is 8.32. The molecule has 0 aromatic heterocycles. The molecule has 0 saturated heterocycles. The Morgan fingerprint density at radius 3 is 1.10 bits per heavy atom. The van der Waals surface area contributed by atoms with Crippen molar-refractivity contribution in [1.82, 2.24) is 0 Å². The van der Waals surface area contributed by atoms with Gasteiger partial charge in [0.25, 0.3) is 0 Å². The van der Waals surface area contributed by atoms with Crippen LogP contribution in [0.3, 0.4) is 0 Å². The molecule has 0 aliphatic carbocycles. The molecule has 0 aromatic rings. The first-order chi connectivity index (χ1) is 33.6. The van der Waals surface area contributed by atoms with Gasteiger partial charge in [0.15, 0.2) is 6.10 Å². The number of hydrogen-bond donors (Lipinski definition) is 0. The van der Waals surface area contributed by atoms with Crippen LogP contribution in [0.1, 0.15) is 290 Å². The summed E-state index contributed by atoms with van der Waals surface area (Å²) >= 11 is 0. The van der Waals surface area contributed by atoms with Gasteiger partial charge in [-0.3, -0.25) is 9.59 Å². The van der Waals surface area contributed by atoms with E-state index in [0.717, 1.165) is 70.6 Å². The van der Waals surface area contributed by atoms with Crippen LogP contribution in [0.25, 0.3) is 0 Å². The molecule has 0 aromatic carbocycles. The highest BCUT2D eigenvalue weighted by atomic mass is 16.6. The number of ether oxygens (including phenoxy) is 3. The molecule has 0 N–H and O–H groups in total. The lowest BCUT2D eigenvalue weighted by atomic mass is 10.1. The molecule has 5 nitrogen and oxygen atoms in total. The van der Waals surface area contributed by atoms with Gasteiger partial charge >= 0.3 is 11.9 Å². The van der Waals surface area contributed by atoms with Gasteiger partial charge in [-0.1, -0.05) is 241 Å². The zero-order valence-electron chi connectivity index (χ0n) is 45.4. The number of esters is 2. The summed E-state index contributed by atoms with van der Waals surface area (Å²) in [5.74, 6) is -0.409. The van der Waals surface area contributed by atoms with E-state index in [0.29, 0.717) is 19.4 Å². The number of carbonyl (C=O) groups excluding carboxylic acids is 2. The average molecular weight is 950 g/mol. The third-order valence-electron chi connectivity index (χ3n) is 12.7. The van der Waals surface area contributed by atoms with Crippen molar-refractivity contribution in [3.63, 3.8) is 0 Å². The molecule has 0 bridgehead atoms. The summed E-state index contributed by atoms with van der Waals surface area (Å²) < 4.78 is 17.5. The van der Waals surface area contributed by atoms with Crippen molar-refractivity contribution in [2.45, 2.75) is 297 Å². The third kappa shape index (κ3) is 55.9. The highest BCUT2D eigenvalue weighted by Gasteiger charge is 2.17. The smallest absolute Gasteiger partial charge is 0.306 e. The van der Waals surface area contributed by atoms with E-state index in [9.17, 15) is 9.59 Å². The van der Waals surface area contributed by atoms with Crippen LogP contribution in [0.15, 0.2) is 72.9 Å². The molecular formula is C63H112O5. The number of allylic oxidation sites excluding steroid dienone is 12. The second-order valence-corrected chi connectivity index (χ2v) is 19.5. The zero-order chi connectivity index (χ0) is 49.2. The minimum atomic E-state index is -0.553. The first kappa shape index (κ1) is 65.3. The first-order valence-electron chi connectivity index (χ1n) is 29.5. The molecule has 5 heteroatoms. The van der Waals surface area contributed by atoms with Gasteiger partial charge in [-0.15, -0.1) is 0 Å². The van der Waals surface area contributed by atoms with E-state index in [-0.39, 0.29) is 25.2 Å². The quantitative estimate of drug-likeness (QED) is 0.0345. The van der Waals surface area contributed by atoms with Gasteiger partial charge in [0.05, 0.1) is 6.61 Å². The Kier molecular flexibility index (Phi) is 56.4. The highest BCUT2D eigenvalue weighted by molar-refractivity contribution is 5.70. The normalized spacial score (nSPS) is 12.7. The summed E-state index contributed by atoms with van der Waals surface area (Å²) in [6.07, 6.45) is 76.4. The molecule has 0 amide bonds. The lowest BCUT2D eigenvalue weighted by molar-refractivity contribution is -0.163. The van der Waals surface area contributed by atoms with Crippen molar-refractivity contribution < 1.29 is 23.8 Å². The van der Waals surface area contributed by atoms with Gasteiger partial charge in [-0.05, 0) is 109 Å². The van der Waals surface area contributed by atoms with Crippen molar-refractivity contribution in [3.05, 3.63) is 72.9 Å². The maximum atomic E-state index is 12.9. The Balaban J connectivity index is 4.27. The monoisotopic (exact) mass is 949 g/mol. The van der Waals surface area contributed by atoms with E-state index < -0.39 is 6.10 Å². The van der Waals surface area contributed by atoms with Crippen LogP contribution in [0.4, 0.5) is 0 Å². The fraction of sp³-hybridized carbons (Fsp3) is 0.778. The molecule has 68 heavy (non-hydrogen) atoms. The molecule has 394 valence electrons. The molecule has 0 heterocycles. The average Bonchev–Trinajstić information content (AvgIpc) is 3.34. The van der Waals surface area contributed by atoms with E-state index in [1.807, 2.05) is 0 Å². The molecule has 0 aliphatic rings. The molecule has 0 spiro atoms. The van der Waals surface area contributed by atoms with Crippen LogP contribution in [0, 0.1) is 0 Å². The van der Waals surface area contributed by atoms with Crippen molar-refractivity contribution in [3.8, 4) is 0 Å². The second kappa shape index (κ2) is 58.7. The Labute approximate surface area is 423 Å². The SMILES string of the molecule is CC/C=C\C/C=C\C/C=C\CCCCCCOCC(COC(=O)CCCCCCCCCCC/C=C\C/C=C\CCCCC)OC(=O)CCCCCCCCCCC/C=C\CCCCCCCC. The van der Waals surface area contributed by atoms with Crippen molar-refractivity contribution >= 4 is 11.9 Å². The van der Waals surface area contributed by atoms with Gasteiger partial charge < -0.3 is 14.2 Å². The summed E-state index contributed by atoms with van der Waals surface area (Å²) in [6.45, 7) is 7.67. The Hall–Kier alpha value is -2.66. The van der Waals surface area contributed by atoms with Crippen LogP contribution in [0.2, 0.25) is 0 Å². The number of carbonyl (C=O) groups is 2. The second-order valence-electron chi connectivity index (χ2n) is 19.5. The lowest BCUT2D eigenvalue weighted by Gasteiger charge is -2.18. The number of unbranched alkanes of at least 4 members (excludes halogenated alkanes) is 31. The molecule has 1 atom stereocenters. The van der Waals surface area contributed by atoms with Crippen LogP contribution in [0.5, 0.6) is 0 Å². The maximum Gasteiger partial charge on any atom is 0.306 e. The fourth-order valence-corrected chi connectivity index (χ4v) is 8.32. The van der Waals surface area contributed by atoms with Gasteiger partial charge in [-0.2, -0.15) is 0 Å². The summed E-state index contributed by atoms with van der Waals surface area (Å²) in [7, 11) is 0. The summed E-state index contributed by atoms with van der Waals surface area (Å²) in [6, 6.07) is 0. The highest BCUT2D eigenvalue weighted by Crippen LogP contribution is 2.15. The van der Waals surface area contributed by atoms with E-state index in [1.54, 1.807) is 0 Å². The van der Waals surface area contributed by atoms with Crippen molar-refractivity contribution in [2.24, 2.45) is 0 Å². The molecule has 0 saturated carbocycles. The molecular weight excluding hydrogens is 837 g/mol. The largest absolute Gasteiger partial charge is 0.462 e. The predicted molar refractivity (Wildman–Crippen MR) is 297 cm³/mol. The van der Waals surface area contributed by atoms with Crippen LogP contribution in [-0.4, -0.2) is 37.9 Å². The first-order valence-corrected chi connectivity index (χ1v) is 29.5. The van der Waals surface area contributed by atoms with Gasteiger partial charge in [0.2, 0.25) is 0 Å². The number of hydrogen-bond acceptors (Lipinski definition) is 5. The summed E-state index contributed by atoms with van der Waals surface area (Å²) in [4.78, 5) is 25.5. The Bertz CT molecular complexity index is 1210. The number of rotatable bonds is 54. The third-order valence-corrected chi connectivity index (χ3v) is 12.7. The molecule has 0 aliphatic heterocycles. The topological polar surface area (TPSA) is 61.8 Å². The minimum absolute atomic E-state index is 0.0724. The summed E-state index contributed by atoms with van der Waals surface area (Å²) in [5.41, 5.74) is 0. The van der Waals surface area contributed by atoms with Gasteiger partial charge in [-0.25, -0.2) is 0 Å². The predicted octanol–water partition coefficient (Wildman–Crippen LogP) is 20.2. The van der Waals surface area contributed by atoms with Crippen LogP contribution < -0.4 is 0 Å². The zero-order valence-corrected chi connectivity index (χ0v) is 45.4.